The van der Waals surface area contributed by atoms with Crippen molar-refractivity contribution in [3.63, 3.8) is 0 Å². The molecule has 3 rings (SSSR count). The fourth-order valence-corrected chi connectivity index (χ4v) is 3.44. The molecule has 0 spiro atoms. The number of phenolic OH excluding ortho intramolecular Hbond substituents is 1. The first-order chi connectivity index (χ1) is 15.0. The van der Waals surface area contributed by atoms with Gasteiger partial charge in [-0.25, -0.2) is 13.2 Å². The molecule has 168 valence electrons. The first-order valence-corrected chi connectivity index (χ1v) is 9.59. The van der Waals surface area contributed by atoms with Crippen molar-refractivity contribution in [2.45, 2.75) is 19.8 Å². The summed E-state index contributed by atoms with van der Waals surface area (Å²) in [6.45, 7) is 1.19. The minimum absolute atomic E-state index is 0.0246. The van der Waals surface area contributed by atoms with Crippen molar-refractivity contribution in [2.75, 3.05) is 6.54 Å². The van der Waals surface area contributed by atoms with Crippen molar-refractivity contribution in [3.05, 3.63) is 63.6 Å². The lowest BCUT2D eigenvalue weighted by Gasteiger charge is -2.09. The first-order valence-electron chi connectivity index (χ1n) is 9.22. The van der Waals surface area contributed by atoms with E-state index in [1.807, 2.05) is 0 Å². The molecule has 0 saturated heterocycles. The average molecular weight is 469 g/mol. The van der Waals surface area contributed by atoms with E-state index in [0.29, 0.717) is 0 Å². The zero-order valence-corrected chi connectivity index (χ0v) is 17.3. The van der Waals surface area contributed by atoms with E-state index in [2.05, 4.69) is 5.32 Å². The van der Waals surface area contributed by atoms with E-state index >= 15 is 0 Å². The molecule has 1 heterocycles. The predicted molar refractivity (Wildman–Crippen MR) is 108 cm³/mol. The third kappa shape index (κ3) is 4.26. The van der Waals surface area contributed by atoms with E-state index in [1.165, 1.54) is 13.0 Å². The summed E-state index contributed by atoms with van der Waals surface area (Å²) in [6.07, 6.45) is -0.827. The number of phenols is 1. The molecule has 0 bridgehead atoms. The summed E-state index contributed by atoms with van der Waals surface area (Å²) in [7, 11) is 0. The summed E-state index contributed by atoms with van der Waals surface area (Å²) in [5.41, 5.74) is -0.414. The molecule has 32 heavy (non-hydrogen) atoms. The van der Waals surface area contributed by atoms with Crippen molar-refractivity contribution in [2.24, 2.45) is 0 Å². The van der Waals surface area contributed by atoms with Crippen LogP contribution in [0, 0.1) is 24.4 Å². The Kier molecular flexibility index (Phi) is 6.45. The Morgan fingerprint density at radius 3 is 2.44 bits per heavy atom. The van der Waals surface area contributed by atoms with Crippen LogP contribution in [0.1, 0.15) is 28.0 Å². The van der Waals surface area contributed by atoms with Crippen LogP contribution in [0.3, 0.4) is 0 Å². The summed E-state index contributed by atoms with van der Waals surface area (Å²) in [4.78, 5) is 35.9. The summed E-state index contributed by atoms with van der Waals surface area (Å²) >= 11 is 5.64. The van der Waals surface area contributed by atoms with Crippen molar-refractivity contribution < 1.29 is 37.8 Å². The molecule has 11 heteroatoms. The van der Waals surface area contributed by atoms with Crippen LogP contribution in [-0.2, 0) is 16.0 Å². The van der Waals surface area contributed by atoms with Gasteiger partial charge in [0.15, 0.2) is 17.4 Å². The smallest absolute Gasteiger partial charge is 0.305 e. The summed E-state index contributed by atoms with van der Waals surface area (Å²) in [5, 5.41) is 20.1. The van der Waals surface area contributed by atoms with E-state index in [1.54, 1.807) is 0 Å². The van der Waals surface area contributed by atoms with Crippen LogP contribution in [0.4, 0.5) is 13.2 Å². The Hall–Kier alpha value is -3.53. The van der Waals surface area contributed by atoms with Gasteiger partial charge >= 0.3 is 5.97 Å². The number of aromatic nitrogens is 1. The Morgan fingerprint density at radius 2 is 1.81 bits per heavy atom. The van der Waals surface area contributed by atoms with Crippen LogP contribution in [0.15, 0.2) is 24.3 Å². The molecule has 0 aliphatic carbocycles. The quantitative estimate of drug-likeness (QED) is 0.512. The molecule has 0 fully saturated rings. The predicted octanol–water partition coefficient (Wildman–Crippen LogP) is 3.55. The van der Waals surface area contributed by atoms with Crippen LogP contribution < -0.4 is 5.32 Å². The second kappa shape index (κ2) is 8.91. The molecule has 0 unspecified atom stereocenters. The third-order valence-corrected chi connectivity index (χ3v) is 5.16. The number of fused-ring (bicyclic) bond motifs is 1. The number of carboxylic acid groups (broad SMARTS) is 1. The second-order valence-corrected chi connectivity index (χ2v) is 7.33. The molecule has 0 atom stereocenters. The van der Waals surface area contributed by atoms with Crippen molar-refractivity contribution >= 4 is 40.3 Å². The van der Waals surface area contributed by atoms with Crippen molar-refractivity contribution in [3.8, 4) is 5.75 Å². The number of hydrogen-bond donors (Lipinski definition) is 3. The number of carbonyl (C=O) groups is 3. The van der Waals surface area contributed by atoms with E-state index in [0.717, 1.165) is 22.8 Å². The normalized spacial score (nSPS) is 11.0. The molecule has 1 aromatic heterocycles. The van der Waals surface area contributed by atoms with Gasteiger partial charge in [-0.15, -0.1) is 0 Å². The molecule has 0 radical (unpaired) electrons. The Balaban J connectivity index is 2.14. The zero-order valence-electron chi connectivity index (χ0n) is 16.5. The Labute approximate surface area is 184 Å². The number of rotatable bonds is 6. The molecular weight excluding hydrogens is 453 g/mol. The highest BCUT2D eigenvalue weighted by molar-refractivity contribution is 6.30. The highest BCUT2D eigenvalue weighted by Crippen LogP contribution is 2.35. The monoisotopic (exact) mass is 468 g/mol. The first kappa shape index (κ1) is 23.1. The standard InChI is InChI=1S/C21H16ClF3N2O5/c1-9-11(7-16(28)26-5-4-17(29)30)18-15(8-14(24)20(31)19(18)25)27(9)21(32)10-2-3-12(22)13(23)6-10/h2-3,6,8,31H,4-5,7H2,1H3,(H,26,28)(H,29,30). The zero-order chi connectivity index (χ0) is 23.7. The second-order valence-electron chi connectivity index (χ2n) is 6.92. The van der Waals surface area contributed by atoms with Gasteiger partial charge in [0.05, 0.1) is 23.4 Å². The van der Waals surface area contributed by atoms with Gasteiger partial charge in [0.1, 0.15) is 5.82 Å². The molecule has 1 amide bonds. The van der Waals surface area contributed by atoms with Gasteiger partial charge in [0.25, 0.3) is 5.91 Å². The van der Waals surface area contributed by atoms with E-state index in [-0.39, 0.29) is 45.7 Å². The highest BCUT2D eigenvalue weighted by atomic mass is 35.5. The summed E-state index contributed by atoms with van der Waals surface area (Å²) in [5.74, 6) is -7.52. The minimum Gasteiger partial charge on any atom is -0.503 e. The fourth-order valence-electron chi connectivity index (χ4n) is 3.32. The highest BCUT2D eigenvalue weighted by Gasteiger charge is 2.27. The van der Waals surface area contributed by atoms with E-state index in [4.69, 9.17) is 16.7 Å². The van der Waals surface area contributed by atoms with Gasteiger partial charge < -0.3 is 15.5 Å². The maximum atomic E-state index is 14.8. The maximum Gasteiger partial charge on any atom is 0.305 e. The molecule has 0 aliphatic rings. The fraction of sp³-hybridized carbons (Fsp3) is 0.190. The van der Waals surface area contributed by atoms with E-state index in [9.17, 15) is 32.7 Å². The lowest BCUT2D eigenvalue weighted by atomic mass is 10.1. The number of nitrogens with zero attached hydrogens (tertiary/aromatic N) is 1. The van der Waals surface area contributed by atoms with Gasteiger partial charge in [-0.3, -0.25) is 19.0 Å². The largest absolute Gasteiger partial charge is 0.503 e. The topological polar surface area (TPSA) is 109 Å². The summed E-state index contributed by atoms with van der Waals surface area (Å²) in [6, 6.07) is 3.97. The van der Waals surface area contributed by atoms with Gasteiger partial charge in [-0.1, -0.05) is 11.6 Å². The molecule has 3 aromatic rings. The van der Waals surface area contributed by atoms with Crippen LogP contribution in [0.2, 0.25) is 5.02 Å². The van der Waals surface area contributed by atoms with Crippen molar-refractivity contribution in [1.82, 2.24) is 9.88 Å². The Morgan fingerprint density at radius 1 is 1.12 bits per heavy atom. The SMILES string of the molecule is Cc1c(CC(=O)NCCC(=O)O)c2c(F)c(O)c(F)cc2n1C(=O)c1ccc(Cl)c(F)c1. The molecular formula is C21H16ClF3N2O5. The van der Waals surface area contributed by atoms with Crippen LogP contribution >= 0.6 is 11.6 Å². The van der Waals surface area contributed by atoms with Gasteiger partial charge in [-0.05, 0) is 30.7 Å². The number of hydrogen-bond acceptors (Lipinski definition) is 4. The lowest BCUT2D eigenvalue weighted by Crippen LogP contribution is -2.27. The molecule has 3 N–H and O–H groups in total. The Bertz CT molecular complexity index is 1270. The number of carboxylic acids is 1. The summed E-state index contributed by atoms with van der Waals surface area (Å²) < 4.78 is 43.7. The molecule has 7 nitrogen and oxygen atoms in total. The number of aliphatic carboxylic acids is 1. The van der Waals surface area contributed by atoms with Gasteiger partial charge in [-0.2, -0.15) is 0 Å². The van der Waals surface area contributed by atoms with Crippen LogP contribution in [0.25, 0.3) is 10.9 Å². The van der Waals surface area contributed by atoms with E-state index < -0.39 is 47.4 Å². The minimum atomic E-state index is -1.37. The lowest BCUT2D eigenvalue weighted by molar-refractivity contribution is -0.136. The number of halogens is 4. The molecule has 0 aliphatic heterocycles. The number of carbonyl (C=O) groups excluding carboxylic acids is 2. The number of amides is 1. The van der Waals surface area contributed by atoms with Gasteiger partial charge in [0.2, 0.25) is 5.91 Å². The van der Waals surface area contributed by atoms with Gasteiger partial charge in [0, 0.05) is 29.3 Å². The average Bonchev–Trinajstić information content (AvgIpc) is 2.98. The number of benzene rings is 2. The molecule has 2 aromatic carbocycles. The number of nitrogens with one attached hydrogen (secondary N) is 1. The van der Waals surface area contributed by atoms with Crippen LogP contribution in [-0.4, -0.2) is 39.1 Å². The molecule has 0 saturated carbocycles. The van der Waals surface area contributed by atoms with Crippen LogP contribution in [0.5, 0.6) is 5.75 Å². The number of aromatic hydroxyl groups is 1. The third-order valence-electron chi connectivity index (χ3n) is 4.86. The van der Waals surface area contributed by atoms with Crippen molar-refractivity contribution in [1.29, 1.82) is 0 Å². The maximum absolute atomic E-state index is 14.8.